The van der Waals surface area contributed by atoms with Crippen molar-refractivity contribution in [2.45, 2.75) is 40.0 Å². The molecule has 26 heavy (non-hydrogen) atoms. The first-order valence-corrected chi connectivity index (χ1v) is 9.35. The van der Waals surface area contributed by atoms with Crippen LogP contribution in [0, 0.1) is 13.8 Å². The second kappa shape index (κ2) is 7.58. The maximum Gasteiger partial charge on any atom is 0.338 e. The minimum Gasteiger partial charge on any atom is -0.462 e. The summed E-state index contributed by atoms with van der Waals surface area (Å²) < 4.78 is 5.11. The van der Waals surface area contributed by atoms with Gasteiger partial charge in [-0.15, -0.1) is 0 Å². The fraction of sp³-hybridized carbons (Fsp3) is 0.550. The van der Waals surface area contributed by atoms with Crippen molar-refractivity contribution in [2.24, 2.45) is 0 Å². The molecule has 1 fully saturated rings. The van der Waals surface area contributed by atoms with Crippen LogP contribution in [0.2, 0.25) is 0 Å². The third-order valence-corrected chi connectivity index (χ3v) is 5.28. The molecule has 2 aliphatic rings. The number of hydrogen-bond donors (Lipinski definition) is 0. The van der Waals surface area contributed by atoms with Gasteiger partial charge in [0.15, 0.2) is 0 Å². The van der Waals surface area contributed by atoms with Gasteiger partial charge in [0.1, 0.15) is 0 Å². The molecular weight excluding hydrogens is 332 g/mol. The van der Waals surface area contributed by atoms with Gasteiger partial charge >= 0.3 is 5.97 Å². The van der Waals surface area contributed by atoms with Crippen molar-refractivity contribution in [3.63, 3.8) is 0 Å². The Bertz CT molecular complexity index is 751. The average molecular weight is 358 g/mol. The van der Waals surface area contributed by atoms with E-state index in [1.807, 2.05) is 0 Å². The van der Waals surface area contributed by atoms with Gasteiger partial charge in [0.05, 0.1) is 23.3 Å². The summed E-state index contributed by atoms with van der Waals surface area (Å²) in [5, 5.41) is 0. The Balaban J connectivity index is 1.85. The highest BCUT2D eigenvalue weighted by Gasteiger charge is 2.38. The number of amides is 2. The molecule has 0 bridgehead atoms. The van der Waals surface area contributed by atoms with Crippen LogP contribution in [0.4, 0.5) is 0 Å². The van der Waals surface area contributed by atoms with Gasteiger partial charge in [-0.2, -0.15) is 0 Å². The number of likely N-dealkylation sites (tertiary alicyclic amines) is 1. The number of hydrogen-bond acceptors (Lipinski definition) is 5. The van der Waals surface area contributed by atoms with Gasteiger partial charge in [0.25, 0.3) is 11.8 Å². The lowest BCUT2D eigenvalue weighted by Crippen LogP contribution is -2.40. The van der Waals surface area contributed by atoms with Gasteiger partial charge in [-0.1, -0.05) is 6.42 Å². The SMILES string of the molecule is CCOC(=O)c1c(C)cc2c(c1C)C(=O)N(CCN1CCCCC1)C2=O. The lowest BCUT2D eigenvalue weighted by atomic mass is 9.94. The molecule has 0 radical (unpaired) electrons. The predicted molar refractivity (Wildman–Crippen MR) is 97.5 cm³/mol. The van der Waals surface area contributed by atoms with E-state index in [9.17, 15) is 14.4 Å². The summed E-state index contributed by atoms with van der Waals surface area (Å²) in [6.07, 6.45) is 3.59. The Morgan fingerprint density at radius 2 is 1.77 bits per heavy atom. The Hall–Kier alpha value is -2.21. The minimum absolute atomic E-state index is 0.261. The van der Waals surface area contributed by atoms with Crippen LogP contribution in [-0.2, 0) is 4.74 Å². The molecule has 2 heterocycles. The van der Waals surface area contributed by atoms with E-state index < -0.39 is 5.97 Å². The summed E-state index contributed by atoms with van der Waals surface area (Å²) in [7, 11) is 0. The molecule has 0 atom stereocenters. The molecule has 0 aliphatic carbocycles. The molecule has 140 valence electrons. The van der Waals surface area contributed by atoms with Gasteiger partial charge in [0, 0.05) is 13.1 Å². The average Bonchev–Trinajstić information content (AvgIpc) is 2.85. The van der Waals surface area contributed by atoms with Gasteiger partial charge in [-0.3, -0.25) is 14.5 Å². The highest BCUT2D eigenvalue weighted by atomic mass is 16.5. The topological polar surface area (TPSA) is 66.9 Å². The van der Waals surface area contributed by atoms with E-state index in [4.69, 9.17) is 4.74 Å². The van der Waals surface area contributed by atoms with E-state index >= 15 is 0 Å². The molecule has 0 unspecified atom stereocenters. The number of nitrogens with zero attached hydrogens (tertiary/aromatic N) is 2. The van der Waals surface area contributed by atoms with Crippen molar-refractivity contribution in [3.05, 3.63) is 33.9 Å². The molecule has 1 saturated heterocycles. The highest BCUT2D eigenvalue weighted by molar-refractivity contribution is 6.23. The number of ether oxygens (including phenoxy) is 1. The molecule has 6 heteroatoms. The number of aryl methyl sites for hydroxylation is 1. The number of benzene rings is 1. The zero-order valence-electron chi connectivity index (χ0n) is 15.8. The quantitative estimate of drug-likeness (QED) is 0.598. The minimum atomic E-state index is -0.447. The summed E-state index contributed by atoms with van der Waals surface area (Å²) in [5.41, 5.74) is 2.35. The lowest BCUT2D eigenvalue weighted by molar-refractivity contribution is 0.0524. The van der Waals surface area contributed by atoms with E-state index in [-0.39, 0.29) is 18.4 Å². The molecule has 0 aromatic heterocycles. The maximum atomic E-state index is 12.9. The van der Waals surface area contributed by atoms with Crippen LogP contribution in [0.25, 0.3) is 0 Å². The van der Waals surface area contributed by atoms with Crippen LogP contribution in [0.15, 0.2) is 6.07 Å². The number of carbonyl (C=O) groups is 3. The number of fused-ring (bicyclic) bond motifs is 1. The molecule has 0 spiro atoms. The second-order valence-electron chi connectivity index (χ2n) is 7.00. The van der Waals surface area contributed by atoms with Gasteiger partial charge < -0.3 is 9.64 Å². The summed E-state index contributed by atoms with van der Waals surface area (Å²) >= 11 is 0. The van der Waals surface area contributed by atoms with Crippen LogP contribution < -0.4 is 0 Å². The van der Waals surface area contributed by atoms with E-state index in [1.165, 1.54) is 24.2 Å². The molecular formula is C20H26N2O4. The normalized spacial score (nSPS) is 17.6. The predicted octanol–water partition coefficient (Wildman–Crippen LogP) is 2.56. The first-order valence-electron chi connectivity index (χ1n) is 9.35. The number of imide groups is 1. The van der Waals surface area contributed by atoms with E-state index in [0.29, 0.717) is 40.9 Å². The van der Waals surface area contributed by atoms with Crippen LogP contribution >= 0.6 is 0 Å². The molecule has 6 nitrogen and oxygen atoms in total. The van der Waals surface area contributed by atoms with Crippen molar-refractivity contribution in [2.75, 3.05) is 32.8 Å². The first kappa shape index (κ1) is 18.6. The third-order valence-electron chi connectivity index (χ3n) is 5.28. The number of piperidine rings is 1. The second-order valence-corrected chi connectivity index (χ2v) is 7.00. The molecule has 0 saturated carbocycles. The number of carbonyl (C=O) groups excluding carboxylic acids is 3. The van der Waals surface area contributed by atoms with Crippen molar-refractivity contribution < 1.29 is 19.1 Å². The van der Waals surface area contributed by atoms with Gasteiger partial charge in [-0.25, -0.2) is 4.79 Å². The zero-order chi connectivity index (χ0) is 18.8. The third kappa shape index (κ3) is 3.26. The standard InChI is InChI=1S/C20H26N2O4/c1-4-26-20(25)16-13(2)12-15-17(14(16)3)19(24)22(18(15)23)11-10-21-8-6-5-7-9-21/h12H,4-11H2,1-3H3. The molecule has 3 rings (SSSR count). The van der Waals surface area contributed by atoms with Gasteiger partial charge in [-0.05, 0) is 63.9 Å². The Labute approximate surface area is 154 Å². The van der Waals surface area contributed by atoms with Crippen molar-refractivity contribution in [1.82, 2.24) is 9.80 Å². The Kier molecular flexibility index (Phi) is 5.41. The monoisotopic (exact) mass is 358 g/mol. The summed E-state index contributed by atoms with van der Waals surface area (Å²) in [6, 6.07) is 1.65. The van der Waals surface area contributed by atoms with Gasteiger partial charge in [0.2, 0.25) is 0 Å². The van der Waals surface area contributed by atoms with E-state index in [0.717, 1.165) is 13.1 Å². The lowest BCUT2D eigenvalue weighted by Gasteiger charge is -2.27. The smallest absolute Gasteiger partial charge is 0.338 e. The Morgan fingerprint density at radius 1 is 1.08 bits per heavy atom. The highest BCUT2D eigenvalue weighted by Crippen LogP contribution is 2.30. The molecule has 2 aliphatic heterocycles. The fourth-order valence-corrected chi connectivity index (χ4v) is 3.95. The van der Waals surface area contributed by atoms with Crippen LogP contribution in [0.5, 0.6) is 0 Å². The van der Waals surface area contributed by atoms with E-state index in [1.54, 1.807) is 26.8 Å². The maximum absolute atomic E-state index is 12.9. The van der Waals surface area contributed by atoms with Crippen LogP contribution in [-0.4, -0.2) is 60.4 Å². The number of rotatable bonds is 5. The zero-order valence-corrected chi connectivity index (χ0v) is 15.8. The fourth-order valence-electron chi connectivity index (χ4n) is 3.95. The first-order chi connectivity index (χ1) is 12.5. The summed E-state index contributed by atoms with van der Waals surface area (Å²) in [6.45, 7) is 8.64. The molecule has 0 N–H and O–H groups in total. The molecule has 2 amide bonds. The molecule has 1 aromatic carbocycles. The Morgan fingerprint density at radius 3 is 2.42 bits per heavy atom. The largest absolute Gasteiger partial charge is 0.462 e. The summed E-state index contributed by atoms with van der Waals surface area (Å²) in [5.74, 6) is -1.01. The van der Waals surface area contributed by atoms with Crippen LogP contribution in [0.1, 0.15) is 68.4 Å². The van der Waals surface area contributed by atoms with Crippen molar-refractivity contribution in [3.8, 4) is 0 Å². The molecule has 1 aromatic rings. The summed E-state index contributed by atoms with van der Waals surface area (Å²) in [4.78, 5) is 41.5. The van der Waals surface area contributed by atoms with Crippen LogP contribution in [0.3, 0.4) is 0 Å². The van der Waals surface area contributed by atoms with E-state index in [2.05, 4.69) is 4.90 Å². The number of esters is 1. The van der Waals surface area contributed by atoms with Crippen molar-refractivity contribution in [1.29, 1.82) is 0 Å². The van der Waals surface area contributed by atoms with Crippen molar-refractivity contribution >= 4 is 17.8 Å².